The molecular formula is C23H31N3O5S. The smallest absolute Gasteiger partial charge is 0.255 e. The van der Waals surface area contributed by atoms with Crippen LogP contribution in [0.1, 0.15) is 38.7 Å². The van der Waals surface area contributed by atoms with Gasteiger partial charge in [0.2, 0.25) is 10.0 Å². The quantitative estimate of drug-likeness (QED) is 0.385. The molecule has 0 aliphatic heterocycles. The molecule has 0 saturated carbocycles. The fourth-order valence-corrected chi connectivity index (χ4v) is 4.38. The summed E-state index contributed by atoms with van der Waals surface area (Å²) in [5, 5.41) is 4.09. The lowest BCUT2D eigenvalue weighted by Crippen LogP contribution is -2.39. The SMILES string of the molecule is CCCC/C(C)=N\NC(=O)CN(Cc1ccccc1)S(=O)(=O)c1ccc(OC)c(OC)c1. The highest BCUT2D eigenvalue weighted by atomic mass is 32.2. The molecule has 0 spiro atoms. The summed E-state index contributed by atoms with van der Waals surface area (Å²) in [6.45, 7) is 3.56. The minimum absolute atomic E-state index is 0.00140. The summed E-state index contributed by atoms with van der Waals surface area (Å²) < 4.78 is 38.4. The summed E-state index contributed by atoms with van der Waals surface area (Å²) in [6, 6.07) is 13.4. The van der Waals surface area contributed by atoms with E-state index >= 15 is 0 Å². The van der Waals surface area contributed by atoms with Crippen molar-refractivity contribution in [1.29, 1.82) is 0 Å². The first-order chi connectivity index (χ1) is 15.3. The van der Waals surface area contributed by atoms with Gasteiger partial charge in [-0.15, -0.1) is 0 Å². The monoisotopic (exact) mass is 461 g/mol. The second kappa shape index (κ2) is 12.2. The highest BCUT2D eigenvalue weighted by molar-refractivity contribution is 7.89. The second-order valence-electron chi connectivity index (χ2n) is 7.26. The van der Waals surface area contributed by atoms with Gasteiger partial charge in [-0.05, 0) is 37.5 Å². The molecule has 0 bridgehead atoms. The van der Waals surface area contributed by atoms with E-state index in [1.807, 2.05) is 37.3 Å². The van der Waals surface area contributed by atoms with Crippen LogP contribution in [0.2, 0.25) is 0 Å². The first-order valence-corrected chi connectivity index (χ1v) is 11.8. The van der Waals surface area contributed by atoms with Gasteiger partial charge in [0.15, 0.2) is 11.5 Å². The Hall–Kier alpha value is -2.91. The molecule has 0 heterocycles. The normalized spacial score (nSPS) is 12.0. The minimum Gasteiger partial charge on any atom is -0.493 e. The number of hydrogen-bond donors (Lipinski definition) is 1. The van der Waals surface area contributed by atoms with Crippen molar-refractivity contribution >= 4 is 21.6 Å². The average molecular weight is 462 g/mol. The summed E-state index contributed by atoms with van der Waals surface area (Å²) in [7, 11) is -1.11. The van der Waals surface area contributed by atoms with Crippen molar-refractivity contribution < 1.29 is 22.7 Å². The van der Waals surface area contributed by atoms with E-state index < -0.39 is 15.9 Å². The molecule has 174 valence electrons. The Morgan fingerprint density at radius 3 is 2.38 bits per heavy atom. The van der Waals surface area contributed by atoms with Crippen LogP contribution in [0.5, 0.6) is 11.5 Å². The first kappa shape index (κ1) is 25.4. The van der Waals surface area contributed by atoms with E-state index in [4.69, 9.17) is 9.47 Å². The number of hydrogen-bond acceptors (Lipinski definition) is 6. The lowest BCUT2D eigenvalue weighted by atomic mass is 10.2. The number of nitrogens with zero attached hydrogens (tertiary/aromatic N) is 2. The van der Waals surface area contributed by atoms with Crippen molar-refractivity contribution in [1.82, 2.24) is 9.73 Å². The maximum atomic E-state index is 13.4. The van der Waals surface area contributed by atoms with E-state index in [0.29, 0.717) is 5.75 Å². The van der Waals surface area contributed by atoms with Gasteiger partial charge in [0, 0.05) is 18.3 Å². The summed E-state index contributed by atoms with van der Waals surface area (Å²) in [4.78, 5) is 12.6. The molecule has 0 radical (unpaired) electrons. The van der Waals surface area contributed by atoms with Crippen molar-refractivity contribution in [2.45, 2.75) is 44.6 Å². The van der Waals surface area contributed by atoms with Crippen LogP contribution < -0.4 is 14.9 Å². The molecule has 2 rings (SSSR count). The van der Waals surface area contributed by atoms with Gasteiger partial charge in [-0.2, -0.15) is 9.41 Å². The van der Waals surface area contributed by atoms with E-state index in [0.717, 1.165) is 34.8 Å². The summed E-state index contributed by atoms with van der Waals surface area (Å²) in [5.74, 6) is 0.186. The van der Waals surface area contributed by atoms with Gasteiger partial charge in [-0.3, -0.25) is 4.79 Å². The van der Waals surface area contributed by atoms with E-state index in [1.54, 1.807) is 0 Å². The van der Waals surface area contributed by atoms with E-state index in [-0.39, 0.29) is 23.7 Å². The van der Waals surface area contributed by atoms with Gasteiger partial charge in [0.25, 0.3) is 5.91 Å². The molecule has 2 aromatic carbocycles. The van der Waals surface area contributed by atoms with Crippen molar-refractivity contribution in [3.05, 3.63) is 54.1 Å². The predicted molar refractivity (Wildman–Crippen MR) is 124 cm³/mol. The zero-order chi connectivity index (χ0) is 23.6. The fourth-order valence-electron chi connectivity index (χ4n) is 2.98. The van der Waals surface area contributed by atoms with Crippen LogP contribution in [0, 0.1) is 0 Å². The molecule has 8 nitrogen and oxygen atoms in total. The maximum absolute atomic E-state index is 13.4. The summed E-state index contributed by atoms with van der Waals surface area (Å²) in [6.07, 6.45) is 2.77. The maximum Gasteiger partial charge on any atom is 0.255 e. The predicted octanol–water partition coefficient (Wildman–Crippen LogP) is 3.58. The van der Waals surface area contributed by atoms with E-state index in [9.17, 15) is 13.2 Å². The summed E-state index contributed by atoms with van der Waals surface area (Å²) in [5.41, 5.74) is 4.02. The minimum atomic E-state index is -4.02. The zero-order valence-corrected chi connectivity index (χ0v) is 19.8. The van der Waals surface area contributed by atoms with Crippen molar-refractivity contribution in [3.8, 4) is 11.5 Å². The Bertz CT molecular complexity index is 1020. The number of amides is 1. The van der Waals surface area contributed by atoms with Crippen molar-refractivity contribution in [2.75, 3.05) is 20.8 Å². The van der Waals surface area contributed by atoms with E-state index in [2.05, 4.69) is 17.5 Å². The number of carbonyl (C=O) groups is 1. The number of nitrogens with one attached hydrogen (secondary N) is 1. The molecule has 0 atom stereocenters. The van der Waals surface area contributed by atoms with Gasteiger partial charge < -0.3 is 9.47 Å². The van der Waals surface area contributed by atoms with Crippen LogP contribution in [0.3, 0.4) is 0 Å². The lowest BCUT2D eigenvalue weighted by molar-refractivity contribution is -0.121. The lowest BCUT2D eigenvalue weighted by Gasteiger charge is -2.22. The second-order valence-corrected chi connectivity index (χ2v) is 9.20. The molecule has 0 aliphatic carbocycles. The highest BCUT2D eigenvalue weighted by Crippen LogP contribution is 2.31. The third-order valence-electron chi connectivity index (χ3n) is 4.78. The molecule has 0 aromatic heterocycles. The topological polar surface area (TPSA) is 97.3 Å². The molecule has 0 unspecified atom stereocenters. The Balaban J connectivity index is 2.31. The average Bonchev–Trinajstić information content (AvgIpc) is 2.81. The molecule has 1 amide bonds. The van der Waals surface area contributed by atoms with Crippen LogP contribution in [0.25, 0.3) is 0 Å². The van der Waals surface area contributed by atoms with Gasteiger partial charge in [-0.1, -0.05) is 43.7 Å². The fraction of sp³-hybridized carbons (Fsp3) is 0.391. The third-order valence-corrected chi connectivity index (χ3v) is 6.57. The van der Waals surface area contributed by atoms with Gasteiger partial charge in [-0.25, -0.2) is 13.8 Å². The number of methoxy groups -OCH3 is 2. The number of sulfonamides is 1. The van der Waals surface area contributed by atoms with Crippen LogP contribution >= 0.6 is 0 Å². The van der Waals surface area contributed by atoms with Crippen LogP contribution in [-0.4, -0.2) is 45.1 Å². The van der Waals surface area contributed by atoms with Crippen molar-refractivity contribution in [2.24, 2.45) is 5.10 Å². The molecule has 0 fully saturated rings. The van der Waals surface area contributed by atoms with Crippen molar-refractivity contribution in [3.63, 3.8) is 0 Å². The van der Waals surface area contributed by atoms with Crippen LogP contribution in [-0.2, 0) is 21.4 Å². The zero-order valence-electron chi connectivity index (χ0n) is 19.0. The Morgan fingerprint density at radius 2 is 1.75 bits per heavy atom. The van der Waals surface area contributed by atoms with Crippen LogP contribution in [0.4, 0.5) is 0 Å². The molecule has 2 aromatic rings. The summed E-state index contributed by atoms with van der Waals surface area (Å²) >= 11 is 0. The van der Waals surface area contributed by atoms with Crippen LogP contribution in [0.15, 0.2) is 58.5 Å². The van der Waals surface area contributed by atoms with Gasteiger partial charge in [0.05, 0.1) is 25.7 Å². The van der Waals surface area contributed by atoms with E-state index in [1.165, 1.54) is 32.4 Å². The van der Waals surface area contributed by atoms with Gasteiger partial charge in [0.1, 0.15) is 0 Å². The number of unbranched alkanes of at least 4 members (excludes halogenated alkanes) is 1. The molecule has 0 aliphatic rings. The Morgan fingerprint density at radius 1 is 1.06 bits per heavy atom. The molecule has 9 heteroatoms. The first-order valence-electron chi connectivity index (χ1n) is 10.4. The van der Waals surface area contributed by atoms with Gasteiger partial charge >= 0.3 is 0 Å². The number of rotatable bonds is 12. The Kier molecular flexibility index (Phi) is 9.67. The third kappa shape index (κ3) is 7.06. The Labute approximate surface area is 190 Å². The number of hydrazone groups is 1. The largest absolute Gasteiger partial charge is 0.493 e. The number of carbonyl (C=O) groups excluding carboxylic acids is 1. The molecule has 1 N–H and O–H groups in total. The molecular weight excluding hydrogens is 430 g/mol. The standard InChI is InChI=1S/C23H31N3O5S/c1-5-6-10-18(2)24-25-23(27)17-26(16-19-11-8-7-9-12-19)32(28,29)20-13-14-21(30-3)22(15-20)31-4/h7-9,11-15H,5-6,10,16-17H2,1-4H3,(H,25,27)/b24-18-. The number of benzene rings is 2. The highest BCUT2D eigenvalue weighted by Gasteiger charge is 2.28. The molecule has 0 saturated heterocycles. The molecule has 32 heavy (non-hydrogen) atoms. The number of ether oxygens (including phenoxy) is 2.